The minimum absolute atomic E-state index is 0.00202. The maximum atomic E-state index is 13.0. The molecule has 1 aliphatic carbocycles. The number of halogens is 2. The van der Waals surface area contributed by atoms with E-state index in [-0.39, 0.29) is 112 Å². The molecule has 75 heavy (non-hydrogen) atoms. The highest BCUT2D eigenvalue weighted by atomic mass is 35.5. The molecule has 22 heteroatoms. The van der Waals surface area contributed by atoms with Crippen LogP contribution < -0.4 is 15.4 Å². The van der Waals surface area contributed by atoms with Crippen molar-refractivity contribution in [2.24, 2.45) is 11.8 Å². The summed E-state index contributed by atoms with van der Waals surface area (Å²) in [6, 6.07) is 0.853. The SMILES string of the molecule is O=C(O)CCCCCCCCCCCCCCCCCCC(=O)CCC1CCC(C(=O)N[C@@H](CCC(=O)CCCOCCOCC(=O)NCCOCCOCC(=O)Oc2c(Cl)cc(Cl)cc2S(=O)(=O)O)C(=O)O)CC1. The first kappa shape index (κ1) is 67.3. The number of hydrogen-bond donors (Lipinski definition) is 5. The number of hydrogen-bond acceptors (Lipinski definition) is 14. The summed E-state index contributed by atoms with van der Waals surface area (Å²) in [7, 11) is -4.79. The second-order valence-electron chi connectivity index (χ2n) is 19.3. The molecule has 1 aromatic carbocycles. The van der Waals surface area contributed by atoms with Crippen molar-refractivity contribution in [3.8, 4) is 5.75 Å². The highest BCUT2D eigenvalue weighted by molar-refractivity contribution is 7.86. The molecule has 0 aromatic heterocycles. The molecule has 0 aliphatic heterocycles. The van der Waals surface area contributed by atoms with Gasteiger partial charge < -0.3 is 44.5 Å². The van der Waals surface area contributed by atoms with Crippen molar-refractivity contribution in [2.45, 2.75) is 191 Å². The fraction of sp³-hybridized carbons (Fsp3) is 0.755. The third-order valence-corrected chi connectivity index (χ3v) is 14.3. The first-order valence-electron chi connectivity index (χ1n) is 27.0. The summed E-state index contributed by atoms with van der Waals surface area (Å²) in [5.74, 6) is -3.88. The largest absolute Gasteiger partial charge is 0.481 e. The number of carboxylic acid groups (broad SMARTS) is 2. The Morgan fingerprint density at radius 3 is 1.67 bits per heavy atom. The topological polar surface area (TPSA) is 285 Å². The van der Waals surface area contributed by atoms with Gasteiger partial charge in [-0.15, -0.1) is 0 Å². The van der Waals surface area contributed by atoms with Crippen LogP contribution in [0.25, 0.3) is 0 Å². The molecule has 2 amide bonds. The molecule has 0 saturated heterocycles. The monoisotopic (exact) mass is 1120 g/mol. The van der Waals surface area contributed by atoms with E-state index in [1.807, 2.05) is 0 Å². The van der Waals surface area contributed by atoms with E-state index in [1.54, 1.807) is 0 Å². The summed E-state index contributed by atoms with van der Waals surface area (Å²) < 4.78 is 58.7. The Morgan fingerprint density at radius 2 is 1.11 bits per heavy atom. The van der Waals surface area contributed by atoms with Gasteiger partial charge in [-0.3, -0.25) is 28.5 Å². The average Bonchev–Trinajstić information content (AvgIpc) is 3.36. The van der Waals surface area contributed by atoms with E-state index in [9.17, 15) is 51.6 Å². The van der Waals surface area contributed by atoms with Crippen LogP contribution in [0.2, 0.25) is 10.0 Å². The molecule has 0 heterocycles. The Hall–Kier alpha value is -3.76. The number of amides is 2. The van der Waals surface area contributed by atoms with Crippen molar-refractivity contribution in [1.29, 1.82) is 0 Å². The molecular formula is C53H84Cl2N2O17S. The zero-order chi connectivity index (χ0) is 55.1. The van der Waals surface area contributed by atoms with Crippen molar-refractivity contribution in [3.63, 3.8) is 0 Å². The van der Waals surface area contributed by atoms with Gasteiger partial charge in [0.1, 0.15) is 35.7 Å². The van der Waals surface area contributed by atoms with Gasteiger partial charge in [-0.2, -0.15) is 8.42 Å². The van der Waals surface area contributed by atoms with Gasteiger partial charge in [0, 0.05) is 56.2 Å². The number of carbonyl (C=O) groups is 7. The van der Waals surface area contributed by atoms with E-state index in [1.165, 1.54) is 70.6 Å². The highest BCUT2D eigenvalue weighted by Crippen LogP contribution is 2.36. The van der Waals surface area contributed by atoms with E-state index in [2.05, 4.69) is 10.6 Å². The minimum Gasteiger partial charge on any atom is -0.481 e. The van der Waals surface area contributed by atoms with E-state index in [4.69, 9.17) is 52.0 Å². The lowest BCUT2D eigenvalue weighted by atomic mass is 9.79. The minimum atomic E-state index is -4.79. The molecule has 5 N–H and O–H groups in total. The van der Waals surface area contributed by atoms with E-state index < -0.39 is 51.3 Å². The first-order valence-corrected chi connectivity index (χ1v) is 29.2. The van der Waals surface area contributed by atoms with Crippen molar-refractivity contribution in [3.05, 3.63) is 22.2 Å². The van der Waals surface area contributed by atoms with Crippen molar-refractivity contribution >= 4 is 74.6 Å². The van der Waals surface area contributed by atoms with Crippen LogP contribution in [0.4, 0.5) is 0 Å². The van der Waals surface area contributed by atoms with Gasteiger partial charge in [0.05, 0.1) is 38.1 Å². The van der Waals surface area contributed by atoms with Crippen LogP contribution >= 0.6 is 23.2 Å². The number of benzene rings is 1. The van der Waals surface area contributed by atoms with Crippen molar-refractivity contribution < 1.29 is 80.4 Å². The third-order valence-electron chi connectivity index (χ3n) is 12.9. The standard InChI is InChI=1S/C53H84Cl2N2O17S/c54-42-36-45(55)51(47(37-42)75(67,68)69)74-50(63)39-73-35-33-71-31-29-56-48(60)38-72-34-32-70-30-17-19-44(59)27-28-46(53(65)66)57-52(64)41-24-21-40(22-25-41)23-26-43(58)18-15-13-11-9-7-5-3-1-2-4-6-8-10-12-14-16-20-49(61)62/h36-37,40-41,46H,1-35,38-39H2,(H,56,60)(H,57,64)(H,61,62)(H,65,66)(H,67,68,69)/t40?,41?,46-/m0/s1. The second-order valence-corrected chi connectivity index (χ2v) is 21.5. The van der Waals surface area contributed by atoms with E-state index >= 15 is 0 Å². The number of ketones is 2. The molecular weight excluding hydrogens is 1040 g/mol. The Kier molecular flexibility index (Phi) is 37.1. The van der Waals surface area contributed by atoms with Crippen LogP contribution in [-0.2, 0) is 62.6 Å². The quantitative estimate of drug-likeness (QED) is 0.0176. The fourth-order valence-corrected chi connectivity index (χ4v) is 9.98. The van der Waals surface area contributed by atoms with Crippen LogP contribution in [0.3, 0.4) is 0 Å². The second kappa shape index (κ2) is 41.4. The molecule has 19 nitrogen and oxygen atoms in total. The lowest BCUT2D eigenvalue weighted by Gasteiger charge is -2.28. The zero-order valence-electron chi connectivity index (χ0n) is 43.8. The Labute approximate surface area is 453 Å². The molecule has 2 rings (SSSR count). The average molecular weight is 1120 g/mol. The molecule has 428 valence electrons. The zero-order valence-corrected chi connectivity index (χ0v) is 46.1. The predicted octanol–water partition coefficient (Wildman–Crippen LogP) is 9.29. The normalized spacial score (nSPS) is 15.0. The van der Waals surface area contributed by atoms with Gasteiger partial charge in [-0.25, -0.2) is 9.59 Å². The predicted molar refractivity (Wildman–Crippen MR) is 282 cm³/mol. The van der Waals surface area contributed by atoms with Crippen molar-refractivity contribution in [2.75, 3.05) is 59.4 Å². The van der Waals surface area contributed by atoms with Gasteiger partial charge in [0.2, 0.25) is 11.8 Å². The van der Waals surface area contributed by atoms with Gasteiger partial charge in [-0.05, 0) is 75.8 Å². The lowest BCUT2D eigenvalue weighted by Crippen LogP contribution is -2.44. The van der Waals surface area contributed by atoms with E-state index in [0.29, 0.717) is 43.8 Å². The van der Waals surface area contributed by atoms with Gasteiger partial charge in [0.15, 0.2) is 5.75 Å². The smallest absolute Gasteiger partial charge is 0.337 e. The van der Waals surface area contributed by atoms with Gasteiger partial charge >= 0.3 is 17.9 Å². The number of carboxylic acids is 2. The van der Waals surface area contributed by atoms with Crippen LogP contribution in [0, 0.1) is 11.8 Å². The number of ether oxygens (including phenoxy) is 5. The van der Waals surface area contributed by atoms with Crippen molar-refractivity contribution in [1.82, 2.24) is 10.6 Å². The Balaban J connectivity index is 1.39. The number of esters is 1. The molecule has 0 radical (unpaired) electrons. The lowest BCUT2D eigenvalue weighted by molar-refractivity contribution is -0.143. The molecule has 1 saturated carbocycles. The number of unbranched alkanes of at least 4 members (excludes halogenated alkanes) is 15. The number of Topliss-reactive ketones (excluding diaryl/α,β-unsaturated/α-hetero) is 2. The molecule has 1 aliphatic rings. The first-order chi connectivity index (χ1) is 36.0. The molecule has 0 bridgehead atoms. The maximum absolute atomic E-state index is 13.0. The van der Waals surface area contributed by atoms with Crippen LogP contribution in [-0.4, -0.2) is 130 Å². The summed E-state index contributed by atoms with van der Waals surface area (Å²) in [5, 5.41) is 23.3. The summed E-state index contributed by atoms with van der Waals surface area (Å²) in [6.45, 7) is 0.109. The summed E-state index contributed by atoms with van der Waals surface area (Å²) in [4.78, 5) is 83.9. The van der Waals surface area contributed by atoms with Crippen LogP contribution in [0.5, 0.6) is 5.75 Å². The summed E-state index contributed by atoms with van der Waals surface area (Å²) in [6.07, 6.45) is 24.7. The molecule has 1 aromatic rings. The number of nitrogens with one attached hydrogen (secondary N) is 2. The fourth-order valence-electron chi connectivity index (χ4n) is 8.67. The number of rotatable bonds is 47. The van der Waals surface area contributed by atoms with Crippen LogP contribution in [0.1, 0.15) is 180 Å². The molecule has 0 unspecified atom stereocenters. The van der Waals surface area contributed by atoms with Crippen LogP contribution in [0.15, 0.2) is 17.0 Å². The molecule has 1 fully saturated rings. The van der Waals surface area contributed by atoms with Gasteiger partial charge in [-0.1, -0.05) is 113 Å². The van der Waals surface area contributed by atoms with Gasteiger partial charge in [0.25, 0.3) is 10.1 Å². The Bertz CT molecular complexity index is 1970. The Morgan fingerprint density at radius 1 is 0.600 bits per heavy atom. The maximum Gasteiger partial charge on any atom is 0.337 e. The molecule has 1 atom stereocenters. The number of carbonyl (C=O) groups excluding carboxylic acids is 5. The highest BCUT2D eigenvalue weighted by Gasteiger charge is 2.30. The van der Waals surface area contributed by atoms with E-state index in [0.717, 1.165) is 63.5 Å². The number of aliphatic carboxylic acids is 2. The summed E-state index contributed by atoms with van der Waals surface area (Å²) >= 11 is 11.7. The third kappa shape index (κ3) is 34.6. The summed E-state index contributed by atoms with van der Waals surface area (Å²) in [5.41, 5.74) is 0. The molecule has 0 spiro atoms.